The predicted molar refractivity (Wildman–Crippen MR) is 84.7 cm³/mol. The number of halogens is 1. The second-order valence-electron chi connectivity index (χ2n) is 4.69. The molecule has 0 spiro atoms. The fourth-order valence-corrected chi connectivity index (χ4v) is 2.29. The smallest absolute Gasteiger partial charge is 0.270 e. The van der Waals surface area contributed by atoms with Crippen LogP contribution >= 0.6 is 15.9 Å². The first kappa shape index (κ1) is 15.2. The number of hydrogen-bond acceptors (Lipinski definition) is 3. The number of benzene rings is 2. The van der Waals surface area contributed by atoms with Crippen LogP contribution in [-0.4, -0.2) is 10.8 Å². The van der Waals surface area contributed by atoms with Gasteiger partial charge in [-0.2, -0.15) is 0 Å². The van der Waals surface area contributed by atoms with Crippen LogP contribution in [0.2, 0.25) is 0 Å². The van der Waals surface area contributed by atoms with Crippen molar-refractivity contribution in [1.82, 2.24) is 0 Å². The summed E-state index contributed by atoms with van der Waals surface area (Å²) in [4.78, 5) is 22.6. The molecule has 2 aromatic carbocycles. The summed E-state index contributed by atoms with van der Waals surface area (Å²) in [6, 6.07) is 9.82. The fourth-order valence-electron chi connectivity index (χ4n) is 1.86. The molecule has 6 heteroatoms. The molecule has 0 bridgehead atoms. The Morgan fingerprint density at radius 1 is 1.19 bits per heavy atom. The maximum Gasteiger partial charge on any atom is 0.270 e. The highest BCUT2D eigenvalue weighted by Crippen LogP contribution is 2.24. The van der Waals surface area contributed by atoms with E-state index in [-0.39, 0.29) is 17.2 Å². The maximum atomic E-state index is 12.3. The highest BCUT2D eigenvalue weighted by molar-refractivity contribution is 9.10. The largest absolute Gasteiger partial charge is 0.322 e. The van der Waals surface area contributed by atoms with Gasteiger partial charge in [0.05, 0.1) is 10.5 Å². The van der Waals surface area contributed by atoms with Gasteiger partial charge in [0.15, 0.2) is 0 Å². The molecule has 21 heavy (non-hydrogen) atoms. The maximum absolute atomic E-state index is 12.3. The lowest BCUT2D eigenvalue weighted by molar-refractivity contribution is -0.384. The predicted octanol–water partition coefficient (Wildman–Crippen LogP) is 4.23. The van der Waals surface area contributed by atoms with E-state index in [1.807, 2.05) is 32.0 Å². The SMILES string of the molecule is Cc1ccc(C)c(NC(=O)c2cc([N+](=O)[O-])ccc2Br)c1. The zero-order valence-electron chi connectivity index (χ0n) is 11.5. The monoisotopic (exact) mass is 348 g/mol. The molecule has 1 N–H and O–H groups in total. The van der Waals surface area contributed by atoms with Crippen LogP contribution in [0.5, 0.6) is 0 Å². The number of anilines is 1. The molecule has 0 atom stereocenters. The summed E-state index contributed by atoms with van der Waals surface area (Å²) in [5.74, 6) is -0.390. The number of rotatable bonds is 3. The first-order chi connectivity index (χ1) is 9.88. The van der Waals surface area contributed by atoms with E-state index in [1.165, 1.54) is 18.2 Å². The summed E-state index contributed by atoms with van der Waals surface area (Å²) in [5, 5.41) is 13.6. The number of carbonyl (C=O) groups is 1. The molecule has 0 saturated heterocycles. The zero-order valence-corrected chi connectivity index (χ0v) is 13.1. The summed E-state index contributed by atoms with van der Waals surface area (Å²) in [6.07, 6.45) is 0. The van der Waals surface area contributed by atoms with Gasteiger partial charge in [-0.15, -0.1) is 0 Å². The Hall–Kier alpha value is -2.21. The van der Waals surface area contributed by atoms with E-state index in [4.69, 9.17) is 0 Å². The van der Waals surface area contributed by atoms with Crippen molar-refractivity contribution in [3.63, 3.8) is 0 Å². The Bertz CT molecular complexity index is 729. The molecule has 0 saturated carbocycles. The first-order valence-corrected chi connectivity index (χ1v) is 7.00. The molecule has 0 unspecified atom stereocenters. The number of aryl methyl sites for hydroxylation is 2. The Morgan fingerprint density at radius 2 is 1.90 bits per heavy atom. The summed E-state index contributed by atoms with van der Waals surface area (Å²) in [6.45, 7) is 3.82. The minimum atomic E-state index is -0.527. The van der Waals surface area contributed by atoms with Crippen LogP contribution in [-0.2, 0) is 0 Å². The molecular weight excluding hydrogens is 336 g/mol. The van der Waals surface area contributed by atoms with Crippen molar-refractivity contribution in [1.29, 1.82) is 0 Å². The van der Waals surface area contributed by atoms with Crippen LogP contribution in [0.1, 0.15) is 21.5 Å². The third kappa shape index (κ3) is 3.46. The molecule has 0 aromatic heterocycles. The summed E-state index contributed by atoms with van der Waals surface area (Å²) in [5.41, 5.74) is 2.75. The number of nitrogens with one attached hydrogen (secondary N) is 1. The number of nitro benzene ring substituents is 1. The number of nitro groups is 1. The van der Waals surface area contributed by atoms with Crippen molar-refractivity contribution >= 4 is 33.2 Å². The molecule has 5 nitrogen and oxygen atoms in total. The minimum Gasteiger partial charge on any atom is -0.322 e. The Balaban J connectivity index is 2.34. The molecule has 0 aliphatic carbocycles. The van der Waals surface area contributed by atoms with Gasteiger partial charge in [0.1, 0.15) is 0 Å². The standard InChI is InChI=1S/C15H13BrN2O3/c1-9-3-4-10(2)14(7-9)17-15(19)12-8-11(18(20)21)5-6-13(12)16/h3-8H,1-2H3,(H,17,19). The van der Waals surface area contributed by atoms with E-state index in [1.54, 1.807) is 0 Å². The van der Waals surface area contributed by atoms with Crippen molar-refractivity contribution in [2.75, 3.05) is 5.32 Å². The van der Waals surface area contributed by atoms with Gasteiger partial charge in [-0.25, -0.2) is 0 Å². The molecule has 2 aromatic rings. The van der Waals surface area contributed by atoms with Crippen LogP contribution in [0.4, 0.5) is 11.4 Å². The van der Waals surface area contributed by atoms with Gasteiger partial charge in [0, 0.05) is 22.3 Å². The van der Waals surface area contributed by atoms with E-state index in [2.05, 4.69) is 21.2 Å². The quantitative estimate of drug-likeness (QED) is 0.666. The first-order valence-electron chi connectivity index (χ1n) is 6.21. The van der Waals surface area contributed by atoms with Crippen molar-refractivity contribution < 1.29 is 9.72 Å². The number of non-ortho nitro benzene ring substituents is 1. The normalized spacial score (nSPS) is 10.2. The van der Waals surface area contributed by atoms with Gasteiger partial charge in [0.25, 0.3) is 11.6 Å². The van der Waals surface area contributed by atoms with Crippen LogP contribution in [0.25, 0.3) is 0 Å². The topological polar surface area (TPSA) is 72.2 Å². The van der Waals surface area contributed by atoms with E-state index in [0.29, 0.717) is 10.2 Å². The molecule has 0 fully saturated rings. The van der Waals surface area contributed by atoms with E-state index in [0.717, 1.165) is 11.1 Å². The lowest BCUT2D eigenvalue weighted by atomic mass is 10.1. The van der Waals surface area contributed by atoms with Crippen LogP contribution in [0.15, 0.2) is 40.9 Å². The molecule has 0 heterocycles. The zero-order chi connectivity index (χ0) is 15.6. The molecule has 1 amide bonds. The van der Waals surface area contributed by atoms with Crippen LogP contribution in [0.3, 0.4) is 0 Å². The summed E-state index contributed by atoms with van der Waals surface area (Å²) in [7, 11) is 0. The van der Waals surface area contributed by atoms with Crippen molar-refractivity contribution in [3.05, 3.63) is 67.7 Å². The van der Waals surface area contributed by atoms with Crippen molar-refractivity contribution in [2.24, 2.45) is 0 Å². The van der Waals surface area contributed by atoms with Gasteiger partial charge in [-0.1, -0.05) is 12.1 Å². The molecular formula is C15H13BrN2O3. The summed E-state index contributed by atoms with van der Waals surface area (Å²) < 4.78 is 0.510. The number of carbonyl (C=O) groups excluding carboxylic acids is 1. The molecule has 0 aliphatic heterocycles. The molecule has 2 rings (SSSR count). The lowest BCUT2D eigenvalue weighted by Gasteiger charge is -2.10. The van der Waals surface area contributed by atoms with E-state index in [9.17, 15) is 14.9 Å². The number of amides is 1. The van der Waals surface area contributed by atoms with E-state index < -0.39 is 4.92 Å². The van der Waals surface area contributed by atoms with Gasteiger partial charge in [-0.3, -0.25) is 14.9 Å². The number of hydrogen-bond donors (Lipinski definition) is 1. The average molecular weight is 349 g/mol. The minimum absolute atomic E-state index is 0.121. The third-order valence-corrected chi connectivity index (χ3v) is 3.74. The van der Waals surface area contributed by atoms with Crippen molar-refractivity contribution in [3.8, 4) is 0 Å². The Kier molecular flexibility index (Phi) is 4.37. The van der Waals surface area contributed by atoms with Gasteiger partial charge in [-0.05, 0) is 53.0 Å². The second-order valence-corrected chi connectivity index (χ2v) is 5.55. The second kappa shape index (κ2) is 6.05. The van der Waals surface area contributed by atoms with Crippen LogP contribution in [0, 0.1) is 24.0 Å². The fraction of sp³-hybridized carbons (Fsp3) is 0.133. The summed E-state index contributed by atoms with van der Waals surface area (Å²) >= 11 is 3.24. The third-order valence-electron chi connectivity index (χ3n) is 3.05. The van der Waals surface area contributed by atoms with Gasteiger partial charge < -0.3 is 5.32 Å². The lowest BCUT2D eigenvalue weighted by Crippen LogP contribution is -2.14. The van der Waals surface area contributed by atoms with Crippen LogP contribution < -0.4 is 5.32 Å². The van der Waals surface area contributed by atoms with Gasteiger partial charge in [0.2, 0.25) is 0 Å². The van der Waals surface area contributed by atoms with Crippen molar-refractivity contribution in [2.45, 2.75) is 13.8 Å². The number of nitrogens with zero attached hydrogens (tertiary/aromatic N) is 1. The molecule has 108 valence electrons. The Morgan fingerprint density at radius 3 is 2.57 bits per heavy atom. The molecule has 0 radical (unpaired) electrons. The van der Waals surface area contributed by atoms with E-state index >= 15 is 0 Å². The average Bonchev–Trinajstić information content (AvgIpc) is 2.43. The van der Waals surface area contributed by atoms with Gasteiger partial charge >= 0.3 is 0 Å². The highest BCUT2D eigenvalue weighted by atomic mass is 79.9. The molecule has 0 aliphatic rings. The highest BCUT2D eigenvalue weighted by Gasteiger charge is 2.16. The Labute approximate surface area is 130 Å².